The van der Waals surface area contributed by atoms with Gasteiger partial charge >= 0.3 is 0 Å². The minimum atomic E-state index is -0.197. The number of nitrogens with zero attached hydrogens (tertiary/aromatic N) is 1. The maximum absolute atomic E-state index is 12.6. The van der Waals surface area contributed by atoms with Crippen molar-refractivity contribution in [1.29, 1.82) is 0 Å². The average Bonchev–Trinajstić information content (AvgIpc) is 2.70. The molecule has 0 atom stereocenters. The zero-order chi connectivity index (χ0) is 16.1. The van der Waals surface area contributed by atoms with Crippen LogP contribution >= 0.6 is 0 Å². The Morgan fingerprint density at radius 2 is 1.64 bits per heavy atom. The molecular formula is C19H19NO2. The van der Waals surface area contributed by atoms with Crippen LogP contribution in [0.3, 0.4) is 0 Å². The lowest BCUT2D eigenvalue weighted by atomic mass is 9.86. The second-order valence-electron chi connectivity index (χ2n) is 6.82. The van der Waals surface area contributed by atoms with E-state index in [4.69, 9.17) is 0 Å². The fourth-order valence-corrected chi connectivity index (χ4v) is 2.73. The molecule has 1 aliphatic heterocycles. The lowest BCUT2D eigenvalue weighted by molar-refractivity contribution is -0.355. The van der Waals surface area contributed by atoms with E-state index in [1.54, 1.807) is 12.1 Å². The molecule has 3 nitrogen and oxygen atoms in total. The van der Waals surface area contributed by atoms with Crippen LogP contribution in [0.5, 0.6) is 0 Å². The first-order chi connectivity index (χ1) is 10.3. The Bertz CT molecular complexity index is 793. The average molecular weight is 293 g/mol. The van der Waals surface area contributed by atoms with E-state index < -0.39 is 0 Å². The van der Waals surface area contributed by atoms with Gasteiger partial charge in [-0.2, -0.15) is 4.74 Å². The zero-order valence-corrected chi connectivity index (χ0v) is 13.3. The highest BCUT2D eigenvalue weighted by Crippen LogP contribution is 2.29. The van der Waals surface area contributed by atoms with Crippen molar-refractivity contribution in [2.24, 2.45) is 0 Å². The third-order valence-corrected chi connectivity index (χ3v) is 4.06. The predicted molar refractivity (Wildman–Crippen MR) is 88.0 cm³/mol. The van der Waals surface area contributed by atoms with Crippen molar-refractivity contribution in [2.45, 2.75) is 33.1 Å². The Hall–Kier alpha value is -2.42. The van der Waals surface area contributed by atoms with Crippen LogP contribution in [0.15, 0.2) is 42.5 Å². The van der Waals surface area contributed by atoms with Gasteiger partial charge in [0.05, 0.1) is 5.56 Å². The van der Waals surface area contributed by atoms with Crippen LogP contribution in [0.1, 0.15) is 47.8 Å². The lowest BCUT2D eigenvalue weighted by Gasteiger charge is -2.18. The molecule has 0 amide bonds. The van der Waals surface area contributed by atoms with Crippen LogP contribution in [0.4, 0.5) is 5.69 Å². The van der Waals surface area contributed by atoms with Crippen LogP contribution in [0.2, 0.25) is 0 Å². The summed E-state index contributed by atoms with van der Waals surface area (Å²) in [4.78, 5) is 12.6. The summed E-state index contributed by atoms with van der Waals surface area (Å²) in [6.07, 6.45) is 0. The number of carbonyl (C=O) groups is 1. The van der Waals surface area contributed by atoms with E-state index in [-0.39, 0.29) is 16.9 Å². The van der Waals surface area contributed by atoms with Crippen LogP contribution in [0.25, 0.3) is 0 Å². The van der Waals surface area contributed by atoms with E-state index >= 15 is 0 Å². The number of rotatable bonds is 1. The number of hydrogen-bond donors (Lipinski definition) is 0. The largest absolute Gasteiger partial charge is 0.618 e. The normalized spacial score (nSPS) is 14.5. The number of carbonyl (C=O) groups excluding carboxylic acids is 1. The van der Waals surface area contributed by atoms with E-state index in [0.29, 0.717) is 16.8 Å². The number of fused-ring (bicyclic) bond motifs is 1. The second-order valence-corrected chi connectivity index (χ2v) is 6.82. The molecule has 2 aromatic rings. The van der Waals surface area contributed by atoms with E-state index in [2.05, 4.69) is 20.8 Å². The van der Waals surface area contributed by atoms with Crippen molar-refractivity contribution in [2.75, 3.05) is 0 Å². The van der Waals surface area contributed by atoms with Gasteiger partial charge in [0, 0.05) is 6.07 Å². The maximum atomic E-state index is 12.6. The van der Waals surface area contributed by atoms with Gasteiger partial charge in [-0.25, -0.2) is 0 Å². The van der Waals surface area contributed by atoms with E-state index in [1.807, 2.05) is 37.3 Å². The molecule has 0 saturated heterocycles. The van der Waals surface area contributed by atoms with Crippen LogP contribution in [-0.4, -0.2) is 16.2 Å². The summed E-state index contributed by atoms with van der Waals surface area (Å²) in [7, 11) is 0. The molecule has 0 aliphatic carbocycles. The summed E-state index contributed by atoms with van der Waals surface area (Å²) in [5.74, 6) is -0.197. The standard InChI is InChI=1S/C19H19NO2/c1-12-5-10-16-15(11-12)18(21)17(20(16)22)13-6-8-14(9-7-13)19(2,3)4/h5-11H,1-4H3. The second kappa shape index (κ2) is 4.80. The van der Waals surface area contributed by atoms with Gasteiger partial charge in [-0.3, -0.25) is 4.79 Å². The highest BCUT2D eigenvalue weighted by Gasteiger charge is 2.36. The van der Waals surface area contributed by atoms with Crippen LogP contribution in [0, 0.1) is 12.1 Å². The summed E-state index contributed by atoms with van der Waals surface area (Å²) >= 11 is 0. The third-order valence-electron chi connectivity index (χ3n) is 4.06. The first kappa shape index (κ1) is 14.5. The van der Waals surface area contributed by atoms with Crippen molar-refractivity contribution in [1.82, 2.24) is 0 Å². The van der Waals surface area contributed by atoms with Crippen molar-refractivity contribution >= 4 is 17.2 Å². The molecule has 22 heavy (non-hydrogen) atoms. The maximum Gasteiger partial charge on any atom is 0.272 e. The quantitative estimate of drug-likeness (QED) is 0.586. The van der Waals surface area contributed by atoms with Gasteiger partial charge in [-0.15, -0.1) is 0 Å². The molecule has 1 heterocycles. The van der Waals surface area contributed by atoms with E-state index in [9.17, 15) is 10.0 Å². The zero-order valence-electron chi connectivity index (χ0n) is 13.3. The monoisotopic (exact) mass is 293 g/mol. The molecule has 1 aliphatic rings. The highest BCUT2D eigenvalue weighted by atomic mass is 16.5. The molecule has 0 radical (unpaired) electrons. The van der Waals surface area contributed by atoms with Gasteiger partial charge in [0.15, 0.2) is 0 Å². The highest BCUT2D eigenvalue weighted by molar-refractivity contribution is 6.52. The van der Waals surface area contributed by atoms with Crippen molar-refractivity contribution in [3.05, 3.63) is 69.9 Å². The molecule has 112 valence electrons. The number of benzene rings is 2. The number of Topliss-reactive ketones (excluding diaryl/α,β-unsaturated/α-hetero) is 1. The molecule has 0 N–H and O–H groups in total. The first-order valence-electron chi connectivity index (χ1n) is 7.39. The molecule has 0 saturated carbocycles. The van der Waals surface area contributed by atoms with Gasteiger partial charge in [0.1, 0.15) is 5.56 Å². The lowest BCUT2D eigenvalue weighted by Crippen LogP contribution is -2.17. The fraction of sp³-hybridized carbons (Fsp3) is 0.263. The molecule has 0 spiro atoms. The predicted octanol–water partition coefficient (Wildman–Crippen LogP) is 4.12. The molecule has 3 heteroatoms. The molecule has 3 rings (SSSR count). The van der Waals surface area contributed by atoms with E-state index in [0.717, 1.165) is 10.3 Å². The summed E-state index contributed by atoms with van der Waals surface area (Å²) in [5.41, 5.74) is 4.00. The van der Waals surface area contributed by atoms with Gasteiger partial charge in [0.2, 0.25) is 5.69 Å². The van der Waals surface area contributed by atoms with Crippen LogP contribution < -0.4 is 0 Å². The van der Waals surface area contributed by atoms with Gasteiger partial charge in [-0.05, 0) is 41.7 Å². The SMILES string of the molecule is Cc1ccc2c(c1)C(=O)C(c1ccc(C(C)(C)C)cc1)=[N+]2[O-]. The summed E-state index contributed by atoms with van der Waals surface area (Å²) in [6.45, 7) is 8.32. The summed E-state index contributed by atoms with van der Waals surface area (Å²) < 4.78 is 0.753. The Kier molecular flexibility index (Phi) is 3.17. The Morgan fingerprint density at radius 1 is 1.00 bits per heavy atom. The fourth-order valence-electron chi connectivity index (χ4n) is 2.73. The first-order valence-corrected chi connectivity index (χ1v) is 7.39. The molecule has 0 unspecified atom stereocenters. The van der Waals surface area contributed by atoms with Crippen molar-refractivity contribution < 1.29 is 9.53 Å². The minimum absolute atomic E-state index is 0.0418. The molecular weight excluding hydrogens is 274 g/mol. The molecule has 0 fully saturated rings. The summed E-state index contributed by atoms with van der Waals surface area (Å²) in [5, 5.41) is 12.5. The number of ketones is 1. The van der Waals surface area contributed by atoms with Crippen molar-refractivity contribution in [3.8, 4) is 0 Å². The third kappa shape index (κ3) is 2.23. The summed E-state index contributed by atoms with van der Waals surface area (Å²) in [6, 6.07) is 13.0. The van der Waals surface area contributed by atoms with Crippen LogP contribution in [-0.2, 0) is 5.41 Å². The molecule has 2 aromatic carbocycles. The smallest absolute Gasteiger partial charge is 0.272 e. The van der Waals surface area contributed by atoms with Gasteiger partial charge < -0.3 is 5.21 Å². The number of hydrogen-bond acceptors (Lipinski definition) is 2. The van der Waals surface area contributed by atoms with Gasteiger partial charge in [-0.1, -0.05) is 39.0 Å². The molecule has 0 bridgehead atoms. The Labute approximate surface area is 130 Å². The van der Waals surface area contributed by atoms with E-state index in [1.165, 1.54) is 5.56 Å². The Balaban J connectivity index is 2.07. The van der Waals surface area contributed by atoms with Gasteiger partial charge in [0.25, 0.3) is 11.5 Å². The Morgan fingerprint density at radius 3 is 2.23 bits per heavy atom. The molecule has 0 aromatic heterocycles. The van der Waals surface area contributed by atoms with Crippen molar-refractivity contribution in [3.63, 3.8) is 0 Å². The minimum Gasteiger partial charge on any atom is -0.618 e. The topological polar surface area (TPSA) is 43.1 Å². The number of aryl methyl sites for hydroxylation is 1.